The van der Waals surface area contributed by atoms with E-state index in [-0.39, 0.29) is 17.2 Å². The van der Waals surface area contributed by atoms with Crippen LogP contribution in [0, 0.1) is 5.92 Å². The van der Waals surface area contributed by atoms with Crippen LogP contribution in [0.3, 0.4) is 0 Å². The summed E-state index contributed by atoms with van der Waals surface area (Å²) in [4.78, 5) is 11.1. The molecule has 7 heteroatoms. The van der Waals surface area contributed by atoms with Crippen LogP contribution >= 0.6 is 0 Å². The Labute approximate surface area is 148 Å². The van der Waals surface area contributed by atoms with Crippen LogP contribution in [-0.2, 0) is 10.0 Å². The Morgan fingerprint density at radius 1 is 1.12 bits per heavy atom. The van der Waals surface area contributed by atoms with Gasteiger partial charge in [-0.05, 0) is 49.9 Å². The lowest BCUT2D eigenvalue weighted by atomic mass is 10.0. The summed E-state index contributed by atoms with van der Waals surface area (Å²) in [5.41, 5.74) is 3.01. The molecule has 0 amide bonds. The van der Waals surface area contributed by atoms with Crippen molar-refractivity contribution in [2.45, 2.75) is 31.1 Å². The van der Waals surface area contributed by atoms with Crippen molar-refractivity contribution in [2.24, 2.45) is 5.92 Å². The second-order valence-electron chi connectivity index (χ2n) is 7.22. The maximum atomic E-state index is 12.5. The van der Waals surface area contributed by atoms with Crippen LogP contribution in [0.1, 0.15) is 31.4 Å². The van der Waals surface area contributed by atoms with Gasteiger partial charge in [0.1, 0.15) is 0 Å². The van der Waals surface area contributed by atoms with Gasteiger partial charge in [-0.25, -0.2) is 12.7 Å². The highest BCUT2D eigenvalue weighted by atomic mass is 32.2. The molecular formula is C18H24N4O2S. The zero-order chi connectivity index (χ0) is 17.6. The van der Waals surface area contributed by atoms with E-state index in [0.29, 0.717) is 6.54 Å². The average molecular weight is 360 g/mol. The molecule has 25 heavy (non-hydrogen) atoms. The highest BCUT2D eigenvalue weighted by Gasteiger charge is 2.45. The number of aromatic nitrogens is 2. The predicted molar refractivity (Wildman–Crippen MR) is 97.6 cm³/mol. The van der Waals surface area contributed by atoms with Gasteiger partial charge in [0.05, 0.1) is 16.3 Å². The molecule has 0 N–H and O–H groups in total. The molecule has 0 aliphatic carbocycles. The van der Waals surface area contributed by atoms with E-state index in [4.69, 9.17) is 0 Å². The quantitative estimate of drug-likeness (QED) is 0.820. The maximum absolute atomic E-state index is 12.5. The maximum Gasteiger partial charge on any atom is 0.217 e. The van der Waals surface area contributed by atoms with E-state index in [1.165, 1.54) is 5.56 Å². The molecule has 3 atom stereocenters. The molecule has 6 nitrogen and oxygen atoms in total. The Bertz CT molecular complexity index is 886. The van der Waals surface area contributed by atoms with Gasteiger partial charge in [-0.1, -0.05) is 6.07 Å². The number of benzene rings is 1. The molecule has 2 aliphatic heterocycles. The summed E-state index contributed by atoms with van der Waals surface area (Å²) in [7, 11) is -1.39. The highest BCUT2D eigenvalue weighted by molar-refractivity contribution is 7.90. The van der Waals surface area contributed by atoms with E-state index in [9.17, 15) is 8.42 Å². The van der Waals surface area contributed by atoms with Gasteiger partial charge < -0.3 is 0 Å². The zero-order valence-corrected chi connectivity index (χ0v) is 15.5. The van der Waals surface area contributed by atoms with E-state index in [1.54, 1.807) is 23.7 Å². The lowest BCUT2D eigenvalue weighted by Crippen LogP contribution is -2.31. The summed E-state index contributed by atoms with van der Waals surface area (Å²) < 4.78 is 26.5. The molecule has 2 aliphatic rings. The van der Waals surface area contributed by atoms with E-state index >= 15 is 0 Å². The van der Waals surface area contributed by atoms with Crippen LogP contribution in [-0.4, -0.2) is 59.5 Å². The number of sulfonamides is 1. The first-order valence-electron chi connectivity index (χ1n) is 8.86. The minimum atomic E-state index is -3.10. The van der Waals surface area contributed by atoms with Gasteiger partial charge in [0.25, 0.3) is 0 Å². The van der Waals surface area contributed by atoms with Crippen molar-refractivity contribution in [3.8, 4) is 0 Å². The summed E-state index contributed by atoms with van der Waals surface area (Å²) in [5, 5.41) is -0.211. The monoisotopic (exact) mass is 360 g/mol. The first kappa shape index (κ1) is 16.9. The molecule has 2 fully saturated rings. The van der Waals surface area contributed by atoms with Gasteiger partial charge >= 0.3 is 0 Å². The standard InChI is InChI=1S/C18H24N4O2S/c1-13(14-3-4-16-17(11-14)20-8-7-19-16)22-9-5-15-12-21(2)25(23,24)18(15)6-10-22/h3-4,7-8,11,13,15,18H,5-6,9-10,12H2,1-2H3. The van der Waals surface area contributed by atoms with Gasteiger partial charge in [0, 0.05) is 38.6 Å². The number of rotatable bonds is 2. The fraction of sp³-hybridized carbons (Fsp3) is 0.556. The number of likely N-dealkylation sites (tertiary alicyclic amines) is 1. The van der Waals surface area contributed by atoms with Gasteiger partial charge in [-0.3, -0.25) is 14.9 Å². The van der Waals surface area contributed by atoms with Crippen LogP contribution in [0.25, 0.3) is 11.0 Å². The third-order valence-corrected chi connectivity index (χ3v) is 8.25. The summed E-state index contributed by atoms with van der Waals surface area (Å²) in [6.07, 6.45) is 5.07. The first-order valence-corrected chi connectivity index (χ1v) is 10.4. The van der Waals surface area contributed by atoms with Crippen LogP contribution in [0.4, 0.5) is 0 Å². The normalized spacial score (nSPS) is 28.6. The Balaban J connectivity index is 1.54. The van der Waals surface area contributed by atoms with E-state index in [1.807, 2.05) is 6.07 Å². The molecule has 2 aromatic rings. The van der Waals surface area contributed by atoms with Crippen molar-refractivity contribution in [2.75, 3.05) is 26.7 Å². The molecular weight excluding hydrogens is 336 g/mol. The van der Waals surface area contributed by atoms with Crippen LogP contribution in [0.5, 0.6) is 0 Å². The predicted octanol–water partition coefficient (Wildman–Crippen LogP) is 2.05. The van der Waals surface area contributed by atoms with Crippen molar-refractivity contribution in [1.82, 2.24) is 19.2 Å². The highest BCUT2D eigenvalue weighted by Crippen LogP contribution is 2.35. The minimum absolute atomic E-state index is 0.211. The first-order chi connectivity index (χ1) is 12.0. The average Bonchev–Trinajstić information content (AvgIpc) is 2.77. The van der Waals surface area contributed by atoms with E-state index in [0.717, 1.165) is 37.0 Å². The second kappa shape index (κ2) is 6.30. The molecule has 0 spiro atoms. The molecule has 3 heterocycles. The van der Waals surface area contributed by atoms with Crippen molar-refractivity contribution in [1.29, 1.82) is 0 Å². The molecule has 0 bridgehead atoms. The Kier molecular flexibility index (Phi) is 4.25. The SMILES string of the molecule is CC(c1ccc2nccnc2c1)N1CCC2CN(C)S(=O)(=O)C2CC1. The zero-order valence-electron chi connectivity index (χ0n) is 14.7. The van der Waals surface area contributed by atoms with Crippen LogP contribution < -0.4 is 0 Å². The fourth-order valence-corrected chi connectivity index (χ4v) is 6.24. The topological polar surface area (TPSA) is 66.4 Å². The lowest BCUT2D eigenvalue weighted by Gasteiger charge is -2.28. The van der Waals surface area contributed by atoms with E-state index < -0.39 is 10.0 Å². The van der Waals surface area contributed by atoms with Crippen molar-refractivity contribution >= 4 is 21.1 Å². The lowest BCUT2D eigenvalue weighted by molar-refractivity contribution is 0.214. The Morgan fingerprint density at radius 3 is 2.64 bits per heavy atom. The summed E-state index contributed by atoms with van der Waals surface area (Å²) in [6, 6.07) is 6.46. The minimum Gasteiger partial charge on any atom is -0.297 e. The van der Waals surface area contributed by atoms with E-state index in [2.05, 4.69) is 33.9 Å². The molecule has 134 valence electrons. The third kappa shape index (κ3) is 2.94. The molecule has 2 saturated heterocycles. The van der Waals surface area contributed by atoms with Gasteiger partial charge in [0.2, 0.25) is 10.0 Å². The molecule has 0 saturated carbocycles. The molecule has 0 radical (unpaired) electrons. The van der Waals surface area contributed by atoms with Crippen LogP contribution in [0.2, 0.25) is 0 Å². The second-order valence-corrected chi connectivity index (χ2v) is 9.48. The van der Waals surface area contributed by atoms with Crippen molar-refractivity contribution in [3.05, 3.63) is 36.2 Å². The summed E-state index contributed by atoms with van der Waals surface area (Å²) in [6.45, 7) is 4.61. The van der Waals surface area contributed by atoms with Gasteiger partial charge in [-0.15, -0.1) is 0 Å². The van der Waals surface area contributed by atoms with Gasteiger partial charge in [-0.2, -0.15) is 0 Å². The van der Waals surface area contributed by atoms with Crippen molar-refractivity contribution in [3.63, 3.8) is 0 Å². The Hall–Kier alpha value is -1.57. The molecule has 4 rings (SSSR count). The summed E-state index contributed by atoms with van der Waals surface area (Å²) >= 11 is 0. The smallest absolute Gasteiger partial charge is 0.217 e. The molecule has 1 aromatic carbocycles. The molecule has 3 unspecified atom stereocenters. The molecule has 1 aromatic heterocycles. The van der Waals surface area contributed by atoms with Gasteiger partial charge in [0.15, 0.2) is 0 Å². The largest absolute Gasteiger partial charge is 0.297 e. The number of hydrogen-bond donors (Lipinski definition) is 0. The number of nitrogens with zero attached hydrogens (tertiary/aromatic N) is 4. The van der Waals surface area contributed by atoms with Crippen LogP contribution in [0.15, 0.2) is 30.6 Å². The fourth-order valence-electron chi connectivity index (χ4n) is 4.26. The van der Waals surface area contributed by atoms with Crippen molar-refractivity contribution < 1.29 is 8.42 Å². The number of hydrogen-bond acceptors (Lipinski definition) is 5. The third-order valence-electron chi connectivity index (χ3n) is 5.85. The number of fused-ring (bicyclic) bond motifs is 2. The summed E-state index contributed by atoms with van der Waals surface area (Å²) in [5.74, 6) is 0.259. The Morgan fingerprint density at radius 2 is 1.84 bits per heavy atom.